The standard InChI is InChI=1S/C18H17NO4S/c1-4-13-14(5-2)17(20)15(18(21)22)10-16(13)24-19-11-6-8-12(23-3)9-7-11/h4-10,19-20H,1-2H2,3H3,(H,21,22). The van der Waals surface area contributed by atoms with Gasteiger partial charge in [-0.1, -0.05) is 25.3 Å². The van der Waals surface area contributed by atoms with E-state index < -0.39 is 5.97 Å². The van der Waals surface area contributed by atoms with Gasteiger partial charge in [-0.2, -0.15) is 0 Å². The predicted molar refractivity (Wildman–Crippen MR) is 97.7 cm³/mol. The number of hydrogen-bond acceptors (Lipinski definition) is 5. The number of ether oxygens (including phenoxy) is 1. The normalized spacial score (nSPS) is 10.0. The SMILES string of the molecule is C=Cc1c(SNc2ccc(OC)cc2)cc(C(=O)O)c(O)c1C=C. The molecule has 0 fully saturated rings. The molecule has 0 saturated carbocycles. The Bertz CT molecular complexity index is 785. The zero-order chi connectivity index (χ0) is 17.7. The van der Waals surface area contributed by atoms with E-state index in [1.165, 1.54) is 24.1 Å². The molecule has 0 spiro atoms. The molecule has 0 atom stereocenters. The molecule has 0 aliphatic rings. The minimum atomic E-state index is -1.21. The van der Waals surface area contributed by atoms with E-state index >= 15 is 0 Å². The molecule has 124 valence electrons. The lowest BCUT2D eigenvalue weighted by atomic mass is 10.0. The van der Waals surface area contributed by atoms with Crippen LogP contribution in [-0.4, -0.2) is 23.3 Å². The third kappa shape index (κ3) is 3.55. The van der Waals surface area contributed by atoms with Crippen LogP contribution in [0.5, 0.6) is 11.5 Å². The summed E-state index contributed by atoms with van der Waals surface area (Å²) in [5.74, 6) is -0.789. The van der Waals surface area contributed by atoms with Gasteiger partial charge in [0.25, 0.3) is 0 Å². The number of aromatic carboxylic acids is 1. The number of carbonyl (C=O) groups is 1. The van der Waals surface area contributed by atoms with Crippen LogP contribution in [0.3, 0.4) is 0 Å². The molecule has 0 amide bonds. The van der Waals surface area contributed by atoms with Gasteiger partial charge in [-0.25, -0.2) is 4.79 Å². The molecule has 0 saturated heterocycles. The summed E-state index contributed by atoms with van der Waals surface area (Å²) in [6.07, 6.45) is 2.97. The molecule has 0 aliphatic carbocycles. The molecule has 0 unspecified atom stereocenters. The van der Waals surface area contributed by atoms with Crippen molar-refractivity contribution >= 4 is 35.8 Å². The van der Waals surface area contributed by atoms with Gasteiger partial charge in [-0.05, 0) is 42.3 Å². The number of anilines is 1. The molecule has 5 nitrogen and oxygen atoms in total. The number of aromatic hydroxyl groups is 1. The Morgan fingerprint density at radius 3 is 2.33 bits per heavy atom. The molecule has 3 N–H and O–H groups in total. The summed E-state index contributed by atoms with van der Waals surface area (Å²) in [6.45, 7) is 7.36. The largest absolute Gasteiger partial charge is 0.506 e. The summed E-state index contributed by atoms with van der Waals surface area (Å²) in [5, 5.41) is 19.3. The van der Waals surface area contributed by atoms with E-state index in [2.05, 4.69) is 17.9 Å². The van der Waals surface area contributed by atoms with Gasteiger partial charge in [0.05, 0.1) is 7.11 Å². The van der Waals surface area contributed by atoms with Gasteiger partial charge in [-0.3, -0.25) is 0 Å². The highest BCUT2D eigenvalue weighted by atomic mass is 32.2. The predicted octanol–water partition coefficient (Wildman–Crippen LogP) is 4.50. The van der Waals surface area contributed by atoms with E-state index in [0.29, 0.717) is 16.0 Å². The lowest BCUT2D eigenvalue weighted by molar-refractivity contribution is 0.0693. The smallest absolute Gasteiger partial charge is 0.339 e. The van der Waals surface area contributed by atoms with Gasteiger partial charge in [-0.15, -0.1) is 0 Å². The van der Waals surface area contributed by atoms with Gasteiger partial charge in [0.1, 0.15) is 17.1 Å². The van der Waals surface area contributed by atoms with Crippen LogP contribution in [0.4, 0.5) is 5.69 Å². The molecule has 0 aliphatic heterocycles. The van der Waals surface area contributed by atoms with Crippen molar-refractivity contribution in [2.45, 2.75) is 4.90 Å². The lowest BCUT2D eigenvalue weighted by Gasteiger charge is -2.14. The summed E-state index contributed by atoms with van der Waals surface area (Å²) < 4.78 is 8.23. The van der Waals surface area contributed by atoms with Crippen LogP contribution < -0.4 is 9.46 Å². The Labute approximate surface area is 144 Å². The van der Waals surface area contributed by atoms with E-state index in [9.17, 15) is 15.0 Å². The van der Waals surface area contributed by atoms with Crippen molar-refractivity contribution in [3.63, 3.8) is 0 Å². The molecule has 0 radical (unpaired) electrons. The average molecular weight is 343 g/mol. The van der Waals surface area contributed by atoms with Crippen LogP contribution in [0.1, 0.15) is 21.5 Å². The molecule has 0 bridgehead atoms. The Morgan fingerprint density at radius 1 is 1.21 bits per heavy atom. The van der Waals surface area contributed by atoms with Gasteiger partial charge in [0, 0.05) is 21.7 Å². The number of benzene rings is 2. The summed E-state index contributed by atoms with van der Waals surface area (Å²) >= 11 is 1.22. The van der Waals surface area contributed by atoms with Gasteiger partial charge >= 0.3 is 5.97 Å². The van der Waals surface area contributed by atoms with Crippen LogP contribution in [-0.2, 0) is 0 Å². The molecule has 2 aromatic carbocycles. The fourth-order valence-corrected chi connectivity index (χ4v) is 2.96. The van der Waals surface area contributed by atoms with Gasteiger partial charge < -0.3 is 19.7 Å². The highest BCUT2D eigenvalue weighted by Gasteiger charge is 2.18. The highest BCUT2D eigenvalue weighted by molar-refractivity contribution is 8.00. The number of carboxylic acids is 1. The number of methoxy groups -OCH3 is 1. The van der Waals surface area contributed by atoms with Crippen LogP contribution in [0.15, 0.2) is 48.4 Å². The molecule has 2 rings (SSSR count). The van der Waals surface area contributed by atoms with E-state index in [-0.39, 0.29) is 11.3 Å². The molecular formula is C18H17NO4S. The van der Waals surface area contributed by atoms with Crippen molar-refractivity contribution in [1.82, 2.24) is 0 Å². The fourth-order valence-electron chi connectivity index (χ4n) is 2.12. The number of rotatable bonds is 7. The average Bonchev–Trinajstić information content (AvgIpc) is 2.60. The van der Waals surface area contributed by atoms with Gasteiger partial charge in [0.15, 0.2) is 0 Å². The van der Waals surface area contributed by atoms with Crippen molar-refractivity contribution in [1.29, 1.82) is 0 Å². The number of carboxylic acid groups (broad SMARTS) is 1. The molecule has 0 heterocycles. The number of hydrogen-bond donors (Lipinski definition) is 3. The zero-order valence-corrected chi connectivity index (χ0v) is 13.9. The van der Waals surface area contributed by atoms with Crippen LogP contribution >= 0.6 is 11.9 Å². The summed E-state index contributed by atoms with van der Waals surface area (Å²) in [6, 6.07) is 8.71. The molecular weight excluding hydrogens is 326 g/mol. The monoisotopic (exact) mass is 343 g/mol. The second-order valence-electron chi connectivity index (χ2n) is 4.74. The van der Waals surface area contributed by atoms with E-state index in [0.717, 1.165) is 11.4 Å². The second kappa shape index (κ2) is 7.61. The van der Waals surface area contributed by atoms with Crippen molar-refractivity contribution in [3.05, 3.63) is 60.2 Å². The third-order valence-corrected chi connectivity index (χ3v) is 4.24. The quantitative estimate of drug-likeness (QED) is 0.642. The number of nitrogens with one attached hydrogen (secondary N) is 1. The third-order valence-electron chi connectivity index (χ3n) is 3.35. The maximum Gasteiger partial charge on any atom is 0.339 e. The first-order chi connectivity index (χ1) is 11.5. The van der Waals surface area contributed by atoms with E-state index in [1.807, 2.05) is 24.3 Å². The molecule has 24 heavy (non-hydrogen) atoms. The van der Waals surface area contributed by atoms with Gasteiger partial charge in [0.2, 0.25) is 0 Å². The van der Waals surface area contributed by atoms with E-state index in [1.54, 1.807) is 13.2 Å². The van der Waals surface area contributed by atoms with E-state index in [4.69, 9.17) is 4.74 Å². The maximum atomic E-state index is 11.3. The Hall–Kier alpha value is -2.86. The minimum absolute atomic E-state index is 0.186. The van der Waals surface area contributed by atoms with Crippen LogP contribution in [0.2, 0.25) is 0 Å². The number of phenols is 1. The van der Waals surface area contributed by atoms with Crippen molar-refractivity contribution in [2.75, 3.05) is 11.8 Å². The maximum absolute atomic E-state index is 11.3. The first kappa shape index (κ1) is 17.5. The van der Waals surface area contributed by atoms with Crippen molar-refractivity contribution < 1.29 is 19.7 Å². The van der Waals surface area contributed by atoms with Crippen molar-refractivity contribution in [3.8, 4) is 11.5 Å². The highest BCUT2D eigenvalue weighted by Crippen LogP contribution is 2.36. The Kier molecular flexibility index (Phi) is 5.55. The van der Waals surface area contributed by atoms with Crippen LogP contribution in [0.25, 0.3) is 12.2 Å². The van der Waals surface area contributed by atoms with Crippen LogP contribution in [0, 0.1) is 0 Å². The topological polar surface area (TPSA) is 78.8 Å². The Morgan fingerprint density at radius 2 is 1.83 bits per heavy atom. The summed E-state index contributed by atoms with van der Waals surface area (Å²) in [4.78, 5) is 11.9. The first-order valence-corrected chi connectivity index (χ1v) is 7.78. The van der Waals surface area contributed by atoms with Crippen molar-refractivity contribution in [2.24, 2.45) is 0 Å². The molecule has 0 aromatic heterocycles. The molecule has 2 aromatic rings. The zero-order valence-electron chi connectivity index (χ0n) is 13.1. The minimum Gasteiger partial charge on any atom is -0.506 e. The lowest BCUT2D eigenvalue weighted by Crippen LogP contribution is -2.01. The summed E-state index contributed by atoms with van der Waals surface area (Å²) in [5.41, 5.74) is 1.58. The first-order valence-electron chi connectivity index (χ1n) is 6.96. The Balaban J connectivity index is 2.37. The molecule has 6 heteroatoms. The summed E-state index contributed by atoms with van der Waals surface area (Å²) in [7, 11) is 1.59. The fraction of sp³-hybridized carbons (Fsp3) is 0.0556. The second-order valence-corrected chi connectivity index (χ2v) is 5.59.